The normalized spacial score (nSPS) is 11.0. The van der Waals surface area contributed by atoms with Gasteiger partial charge < -0.3 is 9.47 Å². The minimum Gasteiger partial charge on any atom is -0.482 e. The van der Waals surface area contributed by atoms with Crippen LogP contribution in [0.3, 0.4) is 0 Å². The van der Waals surface area contributed by atoms with Gasteiger partial charge in [0.1, 0.15) is 5.75 Å². The molecule has 0 bridgehead atoms. The lowest BCUT2D eigenvalue weighted by Gasteiger charge is -2.10. The highest BCUT2D eigenvalue weighted by atomic mass is 79.9. The largest absolute Gasteiger partial charge is 0.482 e. The first-order chi connectivity index (χ1) is 14.0. The Labute approximate surface area is 188 Å². The van der Waals surface area contributed by atoms with E-state index < -0.39 is 0 Å². The Morgan fingerprint density at radius 3 is 2.76 bits per heavy atom. The van der Waals surface area contributed by atoms with Crippen LogP contribution in [0.15, 0.2) is 45.8 Å². The third-order valence-corrected chi connectivity index (χ3v) is 7.52. The Bertz CT molecular complexity index is 997. The molecule has 0 aliphatic carbocycles. The number of hydrogen-bond donors (Lipinski definition) is 0. The topological polar surface area (TPSA) is 35.5 Å². The van der Waals surface area contributed by atoms with Crippen molar-refractivity contribution in [3.05, 3.63) is 56.9 Å². The Balaban J connectivity index is 1.50. The molecule has 0 amide bonds. The fraction of sp³-hybridized carbons (Fsp3) is 0.348. The second kappa shape index (κ2) is 10.5. The van der Waals surface area contributed by atoms with Crippen molar-refractivity contribution in [1.82, 2.24) is 0 Å². The molecule has 0 N–H and O–H groups in total. The minimum absolute atomic E-state index is 0.0493. The Hall–Kier alpha value is -1.50. The zero-order valence-electron chi connectivity index (χ0n) is 16.9. The van der Waals surface area contributed by atoms with Crippen molar-refractivity contribution < 1.29 is 14.3 Å². The van der Waals surface area contributed by atoms with Crippen LogP contribution < -0.4 is 4.74 Å². The highest BCUT2D eigenvalue weighted by Crippen LogP contribution is 2.34. The van der Waals surface area contributed by atoms with Crippen molar-refractivity contribution in [3.8, 4) is 5.75 Å². The minimum atomic E-state index is -0.339. The molecule has 0 fully saturated rings. The molecule has 154 valence electrons. The van der Waals surface area contributed by atoms with Crippen molar-refractivity contribution in [2.24, 2.45) is 0 Å². The number of halogens is 1. The van der Waals surface area contributed by atoms with E-state index in [4.69, 9.17) is 9.47 Å². The van der Waals surface area contributed by atoms with Crippen LogP contribution in [0.25, 0.3) is 10.1 Å². The maximum Gasteiger partial charge on any atom is 0.344 e. The molecular weight excluding hydrogens is 468 g/mol. The standard InChI is InChI=1S/C23H25BrO3S2/c1-4-26-23(25)14-27-20-9-8-18(12-15(20)2)28-11-5-6-21-16(3)19-13-17(24)7-10-22(19)29-21/h7-10,12-13H,4-6,11,14H2,1-3H3. The molecule has 1 aromatic heterocycles. The molecule has 0 saturated heterocycles. The molecule has 0 spiro atoms. The molecular formula is C23H25BrO3S2. The Morgan fingerprint density at radius 1 is 1.17 bits per heavy atom. The molecule has 0 saturated carbocycles. The average Bonchev–Trinajstić information content (AvgIpc) is 3.00. The number of fused-ring (bicyclic) bond motifs is 1. The van der Waals surface area contributed by atoms with Crippen molar-refractivity contribution in [1.29, 1.82) is 0 Å². The maximum absolute atomic E-state index is 11.4. The number of esters is 1. The average molecular weight is 493 g/mol. The molecule has 3 rings (SSSR count). The number of thioether (sulfide) groups is 1. The van der Waals surface area contributed by atoms with Gasteiger partial charge in [0.2, 0.25) is 0 Å². The first-order valence-corrected chi connectivity index (χ1v) is 12.3. The van der Waals surface area contributed by atoms with E-state index >= 15 is 0 Å². The van der Waals surface area contributed by atoms with Crippen molar-refractivity contribution in [2.75, 3.05) is 19.0 Å². The highest BCUT2D eigenvalue weighted by Gasteiger charge is 2.09. The summed E-state index contributed by atoms with van der Waals surface area (Å²) in [6.45, 7) is 6.34. The van der Waals surface area contributed by atoms with E-state index in [-0.39, 0.29) is 12.6 Å². The summed E-state index contributed by atoms with van der Waals surface area (Å²) in [6, 6.07) is 12.6. The van der Waals surface area contributed by atoms with Gasteiger partial charge in [-0.05, 0) is 92.3 Å². The number of hydrogen-bond acceptors (Lipinski definition) is 5. The molecule has 0 aliphatic heterocycles. The zero-order valence-corrected chi connectivity index (χ0v) is 20.1. The second-order valence-electron chi connectivity index (χ2n) is 6.76. The molecule has 1 heterocycles. The van der Waals surface area contributed by atoms with Crippen LogP contribution >= 0.6 is 39.0 Å². The number of carbonyl (C=O) groups excluding carboxylic acids is 1. The second-order valence-corrected chi connectivity index (χ2v) is 9.98. The highest BCUT2D eigenvalue weighted by molar-refractivity contribution is 9.10. The van der Waals surface area contributed by atoms with Crippen LogP contribution in [0.4, 0.5) is 0 Å². The monoisotopic (exact) mass is 492 g/mol. The SMILES string of the molecule is CCOC(=O)COc1ccc(SCCCc2sc3ccc(Br)cc3c2C)cc1C. The van der Waals surface area contributed by atoms with E-state index in [1.54, 1.807) is 6.92 Å². The molecule has 2 aromatic carbocycles. The molecule has 6 heteroatoms. The third kappa shape index (κ3) is 6.00. The van der Waals surface area contributed by atoms with E-state index in [1.807, 2.05) is 36.1 Å². The van der Waals surface area contributed by atoms with Crippen LogP contribution in [0.5, 0.6) is 5.75 Å². The quantitative estimate of drug-likeness (QED) is 0.184. The smallest absolute Gasteiger partial charge is 0.344 e. The predicted octanol–water partition coefficient (Wildman–Crippen LogP) is 6.95. The van der Waals surface area contributed by atoms with Gasteiger partial charge in [-0.2, -0.15) is 0 Å². The van der Waals surface area contributed by atoms with Gasteiger partial charge in [-0.1, -0.05) is 15.9 Å². The van der Waals surface area contributed by atoms with E-state index in [9.17, 15) is 4.79 Å². The van der Waals surface area contributed by atoms with Crippen LogP contribution in [0.1, 0.15) is 29.3 Å². The number of rotatable bonds is 9. The van der Waals surface area contributed by atoms with E-state index in [2.05, 4.69) is 53.2 Å². The Morgan fingerprint density at radius 2 is 2.00 bits per heavy atom. The van der Waals surface area contributed by atoms with E-state index in [0.29, 0.717) is 6.61 Å². The van der Waals surface area contributed by atoms with Crippen LogP contribution in [0, 0.1) is 13.8 Å². The molecule has 3 nitrogen and oxygen atoms in total. The maximum atomic E-state index is 11.4. The van der Waals surface area contributed by atoms with E-state index in [1.165, 1.54) is 25.4 Å². The number of ether oxygens (including phenoxy) is 2. The summed E-state index contributed by atoms with van der Waals surface area (Å²) >= 11 is 7.34. The van der Waals surface area contributed by atoms with Crippen molar-refractivity contribution >= 4 is 55.1 Å². The predicted molar refractivity (Wildman–Crippen MR) is 127 cm³/mol. The van der Waals surface area contributed by atoms with Crippen LogP contribution in [0.2, 0.25) is 0 Å². The number of benzene rings is 2. The molecule has 3 aromatic rings. The fourth-order valence-corrected chi connectivity index (χ4v) is 5.66. The van der Waals surface area contributed by atoms with Crippen molar-refractivity contribution in [2.45, 2.75) is 38.5 Å². The summed E-state index contributed by atoms with van der Waals surface area (Å²) in [6.07, 6.45) is 2.25. The molecule has 0 atom stereocenters. The Kier molecular flexibility index (Phi) is 8.04. The lowest BCUT2D eigenvalue weighted by Crippen LogP contribution is -2.14. The van der Waals surface area contributed by atoms with Gasteiger partial charge in [0, 0.05) is 18.9 Å². The summed E-state index contributed by atoms with van der Waals surface area (Å²) < 4.78 is 12.9. The molecule has 0 unspecified atom stereocenters. The summed E-state index contributed by atoms with van der Waals surface area (Å²) in [5, 5.41) is 1.36. The van der Waals surface area contributed by atoms with Gasteiger partial charge in [0.15, 0.2) is 6.61 Å². The van der Waals surface area contributed by atoms with Gasteiger partial charge >= 0.3 is 5.97 Å². The van der Waals surface area contributed by atoms with Gasteiger partial charge in [0.25, 0.3) is 0 Å². The fourth-order valence-electron chi connectivity index (χ4n) is 3.12. The molecule has 29 heavy (non-hydrogen) atoms. The summed E-state index contributed by atoms with van der Waals surface area (Å²) in [5.41, 5.74) is 2.44. The van der Waals surface area contributed by atoms with Gasteiger partial charge in [-0.3, -0.25) is 0 Å². The van der Waals surface area contributed by atoms with Crippen LogP contribution in [-0.2, 0) is 16.0 Å². The lowest BCUT2D eigenvalue weighted by atomic mass is 10.1. The van der Waals surface area contributed by atoms with Crippen LogP contribution in [-0.4, -0.2) is 24.9 Å². The summed E-state index contributed by atoms with van der Waals surface area (Å²) in [4.78, 5) is 14.1. The first-order valence-electron chi connectivity index (χ1n) is 9.67. The van der Waals surface area contributed by atoms with Gasteiger partial charge in [-0.25, -0.2) is 4.79 Å². The van der Waals surface area contributed by atoms with Crippen molar-refractivity contribution in [3.63, 3.8) is 0 Å². The van der Waals surface area contributed by atoms with Gasteiger partial charge in [0.05, 0.1) is 6.61 Å². The molecule has 0 aliphatic rings. The number of aryl methyl sites for hydroxylation is 3. The first kappa shape index (κ1) is 22.2. The van der Waals surface area contributed by atoms with E-state index in [0.717, 1.165) is 34.4 Å². The van der Waals surface area contributed by atoms with Gasteiger partial charge in [-0.15, -0.1) is 23.1 Å². The number of thiophene rings is 1. The number of carbonyl (C=O) groups is 1. The lowest BCUT2D eigenvalue weighted by molar-refractivity contribution is -0.145. The zero-order chi connectivity index (χ0) is 20.8. The third-order valence-electron chi connectivity index (χ3n) is 4.61. The molecule has 0 radical (unpaired) electrons. The summed E-state index contributed by atoms with van der Waals surface area (Å²) in [7, 11) is 0. The summed E-state index contributed by atoms with van der Waals surface area (Å²) in [5.74, 6) is 1.46.